The van der Waals surface area contributed by atoms with Crippen LogP contribution in [0, 0.1) is 0 Å². The maximum absolute atomic E-state index is 14.1. The molecule has 1 N–H and O–H groups in total. The molecule has 0 radical (unpaired) electrons. The van der Waals surface area contributed by atoms with E-state index < -0.39 is 47.8 Å². The van der Waals surface area contributed by atoms with E-state index in [0.29, 0.717) is 4.90 Å². The number of halogens is 3. The molecule has 0 spiro atoms. The first-order chi connectivity index (χ1) is 20.4. The van der Waals surface area contributed by atoms with Gasteiger partial charge in [0.25, 0.3) is 0 Å². The number of benzene rings is 3. The molecule has 1 fully saturated rings. The van der Waals surface area contributed by atoms with Gasteiger partial charge in [-0.05, 0) is 37.5 Å². The van der Waals surface area contributed by atoms with Gasteiger partial charge in [0.15, 0.2) is 0 Å². The van der Waals surface area contributed by atoms with Gasteiger partial charge in [0.2, 0.25) is 5.91 Å². The van der Waals surface area contributed by atoms with Gasteiger partial charge >= 0.3 is 12.1 Å². The van der Waals surface area contributed by atoms with E-state index in [9.17, 15) is 22.8 Å². The van der Waals surface area contributed by atoms with Crippen LogP contribution in [0.5, 0.6) is 0 Å². The second-order valence-electron chi connectivity index (χ2n) is 11.5. The number of amides is 2. The summed E-state index contributed by atoms with van der Waals surface area (Å²) < 4.78 is 60.8. The topological polar surface area (TPSA) is 77.1 Å². The molecule has 43 heavy (non-hydrogen) atoms. The van der Waals surface area contributed by atoms with Crippen LogP contribution in [0.3, 0.4) is 0 Å². The average molecular weight is 599 g/mol. The lowest BCUT2D eigenvalue weighted by Crippen LogP contribution is -2.58. The monoisotopic (exact) mass is 598 g/mol. The molecule has 3 aromatic rings. The number of nitrogens with one attached hydrogen (secondary N) is 1. The number of ether oxygens (including phenoxy) is 3. The highest BCUT2D eigenvalue weighted by molar-refractivity contribution is 5.92. The smallest absolute Gasteiger partial charge is 0.375 e. The second-order valence-corrected chi connectivity index (χ2v) is 11.5. The molecule has 1 aliphatic rings. The molecule has 0 bridgehead atoms. The number of nitrogens with zero attached hydrogens (tertiary/aromatic N) is 1. The molecule has 0 aromatic heterocycles. The van der Waals surface area contributed by atoms with Gasteiger partial charge in [0.1, 0.15) is 18.2 Å². The van der Waals surface area contributed by atoms with Crippen LogP contribution in [0.15, 0.2) is 91.0 Å². The summed E-state index contributed by atoms with van der Waals surface area (Å²) in [5.41, 5.74) is 1.52. The summed E-state index contributed by atoms with van der Waals surface area (Å²) in [6.45, 7) is 4.90. The maximum Gasteiger partial charge on any atom is 0.471 e. The summed E-state index contributed by atoms with van der Waals surface area (Å²) in [6, 6.07) is 24.4. The first-order valence-electron chi connectivity index (χ1n) is 14.1. The van der Waals surface area contributed by atoms with Gasteiger partial charge in [0, 0.05) is 5.54 Å². The zero-order chi connectivity index (χ0) is 31.0. The quantitative estimate of drug-likeness (QED) is 0.319. The Morgan fingerprint density at radius 2 is 1.16 bits per heavy atom. The van der Waals surface area contributed by atoms with Crippen molar-refractivity contribution in [3.05, 3.63) is 108 Å². The largest absolute Gasteiger partial charge is 0.471 e. The molecule has 1 heterocycles. The third kappa shape index (κ3) is 8.89. The zero-order valence-electron chi connectivity index (χ0n) is 24.4. The van der Waals surface area contributed by atoms with Gasteiger partial charge in [-0.25, -0.2) is 0 Å². The van der Waals surface area contributed by atoms with E-state index in [0.717, 1.165) is 16.7 Å². The van der Waals surface area contributed by atoms with Crippen LogP contribution < -0.4 is 5.32 Å². The van der Waals surface area contributed by atoms with Crippen LogP contribution in [0.25, 0.3) is 0 Å². The number of hydrogen-bond donors (Lipinski definition) is 1. The average Bonchev–Trinajstić information content (AvgIpc) is 3.27. The first-order valence-corrected chi connectivity index (χ1v) is 14.1. The molecule has 2 amide bonds. The summed E-state index contributed by atoms with van der Waals surface area (Å²) in [5, 5.41) is 2.75. The lowest BCUT2D eigenvalue weighted by molar-refractivity contribution is -0.191. The lowest BCUT2D eigenvalue weighted by Gasteiger charge is -2.33. The van der Waals surface area contributed by atoms with Crippen molar-refractivity contribution in [1.82, 2.24) is 10.2 Å². The third-order valence-electron chi connectivity index (χ3n) is 6.89. The Hall–Kier alpha value is -3.73. The number of carbonyl (C=O) groups is 2. The van der Waals surface area contributed by atoms with E-state index in [2.05, 4.69) is 5.32 Å². The molecule has 0 saturated carbocycles. The molecular weight excluding hydrogens is 561 g/mol. The maximum atomic E-state index is 14.1. The van der Waals surface area contributed by atoms with Crippen LogP contribution in [0.4, 0.5) is 13.2 Å². The number of carbonyl (C=O) groups excluding carboxylic acids is 2. The predicted octanol–water partition coefficient (Wildman–Crippen LogP) is 5.43. The lowest BCUT2D eigenvalue weighted by atomic mass is 10.0. The molecule has 1 aliphatic heterocycles. The van der Waals surface area contributed by atoms with Crippen molar-refractivity contribution in [2.45, 2.75) is 76.6 Å². The molecule has 0 aliphatic carbocycles. The van der Waals surface area contributed by atoms with Crippen LogP contribution in [0.1, 0.15) is 37.5 Å². The number of alkyl halides is 3. The highest BCUT2D eigenvalue weighted by Crippen LogP contribution is 2.36. The SMILES string of the molecule is CC(C)(C)NC(=O)[C@H]1[C@@H](OCc2ccccc2)[C@H](OCc2ccccc2)[C@@H](COCc2ccccc2)N1C(=O)C(F)(F)F. The summed E-state index contributed by atoms with van der Waals surface area (Å²) in [7, 11) is 0. The van der Waals surface area contributed by atoms with E-state index in [1.54, 1.807) is 45.0 Å². The van der Waals surface area contributed by atoms with Crippen molar-refractivity contribution < 1.29 is 37.0 Å². The predicted molar refractivity (Wildman–Crippen MR) is 155 cm³/mol. The minimum atomic E-state index is -5.25. The van der Waals surface area contributed by atoms with Crippen molar-refractivity contribution >= 4 is 11.8 Å². The van der Waals surface area contributed by atoms with Gasteiger partial charge in [-0.3, -0.25) is 9.59 Å². The van der Waals surface area contributed by atoms with E-state index in [1.807, 2.05) is 66.7 Å². The van der Waals surface area contributed by atoms with Crippen molar-refractivity contribution in [2.75, 3.05) is 6.61 Å². The van der Waals surface area contributed by atoms with Gasteiger partial charge < -0.3 is 24.4 Å². The fraction of sp³-hybridized carbons (Fsp3) is 0.394. The fourth-order valence-electron chi connectivity index (χ4n) is 5.04. The van der Waals surface area contributed by atoms with Crippen molar-refractivity contribution in [2.24, 2.45) is 0 Å². The molecule has 4 atom stereocenters. The molecule has 1 saturated heterocycles. The van der Waals surface area contributed by atoms with Crippen molar-refractivity contribution in [3.8, 4) is 0 Å². The van der Waals surface area contributed by atoms with Gasteiger partial charge in [-0.2, -0.15) is 13.2 Å². The van der Waals surface area contributed by atoms with E-state index >= 15 is 0 Å². The number of rotatable bonds is 11. The Morgan fingerprint density at radius 1 is 0.721 bits per heavy atom. The summed E-state index contributed by atoms with van der Waals surface area (Å²) >= 11 is 0. The minimum absolute atomic E-state index is 0.0123. The van der Waals surface area contributed by atoms with Crippen LogP contribution in [-0.2, 0) is 43.6 Å². The Labute approximate surface area is 249 Å². The van der Waals surface area contributed by atoms with Gasteiger partial charge in [-0.1, -0.05) is 91.0 Å². The number of hydrogen-bond acceptors (Lipinski definition) is 5. The molecule has 4 rings (SSSR count). The molecule has 7 nitrogen and oxygen atoms in total. The third-order valence-corrected chi connectivity index (χ3v) is 6.89. The number of likely N-dealkylation sites (tertiary alicyclic amines) is 1. The molecule has 230 valence electrons. The van der Waals surface area contributed by atoms with E-state index in [4.69, 9.17) is 14.2 Å². The Bertz CT molecular complexity index is 1320. The Balaban J connectivity index is 1.73. The summed E-state index contributed by atoms with van der Waals surface area (Å²) in [4.78, 5) is 27.4. The van der Waals surface area contributed by atoms with Crippen LogP contribution in [-0.4, -0.2) is 59.3 Å². The Morgan fingerprint density at radius 3 is 1.60 bits per heavy atom. The van der Waals surface area contributed by atoms with Crippen LogP contribution >= 0.6 is 0 Å². The second kappa shape index (κ2) is 14.2. The minimum Gasteiger partial charge on any atom is -0.375 e. The van der Waals surface area contributed by atoms with Crippen molar-refractivity contribution in [1.29, 1.82) is 0 Å². The normalized spacial score (nSPS) is 20.7. The molecule has 10 heteroatoms. The zero-order valence-corrected chi connectivity index (χ0v) is 24.4. The highest BCUT2D eigenvalue weighted by Gasteiger charge is 2.60. The van der Waals surface area contributed by atoms with E-state index in [-0.39, 0.29) is 26.4 Å². The highest BCUT2D eigenvalue weighted by atomic mass is 19.4. The van der Waals surface area contributed by atoms with Gasteiger partial charge in [0.05, 0.1) is 32.5 Å². The molecular formula is C33H37F3N2O5. The van der Waals surface area contributed by atoms with E-state index in [1.165, 1.54) is 0 Å². The first kappa shape index (κ1) is 32.2. The summed E-state index contributed by atoms with van der Waals surface area (Å²) in [5.74, 6) is -2.93. The fourth-order valence-corrected chi connectivity index (χ4v) is 5.04. The van der Waals surface area contributed by atoms with Gasteiger partial charge in [-0.15, -0.1) is 0 Å². The molecule has 3 aromatic carbocycles. The summed E-state index contributed by atoms with van der Waals surface area (Å²) in [6.07, 6.45) is -7.61. The standard InChI is InChI=1S/C33H37F3N2O5/c1-32(2,3)37-30(39)27-29(43-21-25-17-11-6-12-18-25)28(42-20-24-15-9-5-10-16-24)26(38(27)31(40)33(34,35)36)22-41-19-23-13-7-4-8-14-23/h4-18,26-29H,19-22H2,1-3H3,(H,37,39)/t26-,27-,28-,29-/m1/s1. The molecule has 0 unspecified atom stereocenters. The van der Waals surface area contributed by atoms with Crippen LogP contribution in [0.2, 0.25) is 0 Å². The van der Waals surface area contributed by atoms with Crippen molar-refractivity contribution in [3.63, 3.8) is 0 Å². The Kier molecular flexibility index (Phi) is 10.6.